The molecule has 0 unspecified atom stereocenters. The van der Waals surface area contributed by atoms with Gasteiger partial charge in [-0.1, -0.05) is 18.2 Å². The molecule has 1 amide bonds. The van der Waals surface area contributed by atoms with Gasteiger partial charge in [-0.2, -0.15) is 0 Å². The molecule has 7 nitrogen and oxygen atoms in total. The van der Waals surface area contributed by atoms with Crippen LogP contribution in [0.5, 0.6) is 0 Å². The summed E-state index contributed by atoms with van der Waals surface area (Å²) >= 11 is 0. The Kier molecular flexibility index (Phi) is 5.90. The third-order valence-corrected chi connectivity index (χ3v) is 4.82. The molecule has 0 saturated carbocycles. The average Bonchev–Trinajstić information content (AvgIpc) is 2.75. The van der Waals surface area contributed by atoms with Crippen LogP contribution in [0.25, 0.3) is 0 Å². The summed E-state index contributed by atoms with van der Waals surface area (Å²) in [5.74, 6) is 1.34. The van der Waals surface area contributed by atoms with E-state index in [-0.39, 0.29) is 18.1 Å². The first-order valence-corrected chi connectivity index (χ1v) is 10.0. The Bertz CT molecular complexity index is 967. The van der Waals surface area contributed by atoms with Gasteiger partial charge in [0.1, 0.15) is 11.6 Å². The maximum atomic E-state index is 12.6. The molecular weight excluding hydrogens is 378 g/mol. The van der Waals surface area contributed by atoms with Crippen LogP contribution in [0.3, 0.4) is 0 Å². The van der Waals surface area contributed by atoms with Crippen LogP contribution >= 0.6 is 0 Å². The monoisotopic (exact) mass is 403 g/mol. The lowest BCUT2D eigenvalue weighted by Crippen LogP contribution is -2.45. The van der Waals surface area contributed by atoms with E-state index < -0.39 is 0 Å². The lowest BCUT2D eigenvalue weighted by atomic mass is 10.2. The summed E-state index contributed by atoms with van der Waals surface area (Å²) in [6, 6.07) is 17.1. The van der Waals surface area contributed by atoms with Crippen LogP contribution < -0.4 is 15.5 Å². The number of carbonyl (C=O) groups is 1. The lowest BCUT2D eigenvalue weighted by molar-refractivity contribution is -0.00546. The molecule has 1 aliphatic heterocycles. The Morgan fingerprint density at radius 2 is 1.70 bits per heavy atom. The zero-order valence-electron chi connectivity index (χ0n) is 17.1. The fourth-order valence-corrected chi connectivity index (χ4v) is 3.49. The van der Waals surface area contributed by atoms with E-state index in [1.807, 2.05) is 48.5 Å². The van der Waals surface area contributed by atoms with Crippen molar-refractivity contribution in [3.8, 4) is 0 Å². The molecule has 1 fully saturated rings. The first-order chi connectivity index (χ1) is 14.6. The Hall–Kier alpha value is -3.45. The average molecular weight is 403 g/mol. The highest BCUT2D eigenvalue weighted by Crippen LogP contribution is 2.19. The Balaban J connectivity index is 1.36. The number of benzene rings is 1. The first-order valence-electron chi connectivity index (χ1n) is 10.0. The van der Waals surface area contributed by atoms with Crippen molar-refractivity contribution in [2.24, 2.45) is 0 Å². The standard InChI is InChI=1S/C23H25N5O2/c1-16-14-28(15-17(2)30-16)22-11-8-18(12-25-22)23(29)27-20-9-10-21(24-13-20)26-19-6-4-3-5-7-19/h3-13,16-17H,14-15H2,1-2H3,(H,24,26)(H,27,29)/t16-,17-/m1/s1. The number of anilines is 4. The molecule has 2 aromatic heterocycles. The number of amides is 1. The van der Waals surface area contributed by atoms with Crippen molar-refractivity contribution in [1.29, 1.82) is 0 Å². The summed E-state index contributed by atoms with van der Waals surface area (Å²) in [6.07, 6.45) is 3.55. The summed E-state index contributed by atoms with van der Waals surface area (Å²) in [5, 5.41) is 6.07. The smallest absolute Gasteiger partial charge is 0.257 e. The van der Waals surface area contributed by atoms with Crippen molar-refractivity contribution < 1.29 is 9.53 Å². The summed E-state index contributed by atoms with van der Waals surface area (Å²) in [6.45, 7) is 5.69. The van der Waals surface area contributed by atoms with E-state index >= 15 is 0 Å². The number of nitrogens with zero attached hydrogens (tertiary/aromatic N) is 3. The van der Waals surface area contributed by atoms with Crippen molar-refractivity contribution in [2.45, 2.75) is 26.1 Å². The number of aromatic nitrogens is 2. The highest BCUT2D eigenvalue weighted by Gasteiger charge is 2.23. The van der Waals surface area contributed by atoms with Crippen molar-refractivity contribution in [2.75, 3.05) is 28.6 Å². The Morgan fingerprint density at radius 3 is 2.33 bits per heavy atom. The SMILES string of the molecule is C[C@@H]1CN(c2ccc(C(=O)Nc3ccc(Nc4ccccc4)nc3)cn2)C[C@@H](C)O1. The zero-order chi connectivity index (χ0) is 20.9. The predicted molar refractivity (Wildman–Crippen MR) is 118 cm³/mol. The van der Waals surface area contributed by atoms with Crippen LogP contribution in [-0.4, -0.2) is 41.2 Å². The Morgan fingerprint density at radius 1 is 0.933 bits per heavy atom. The van der Waals surface area contributed by atoms with Crippen LogP contribution in [0, 0.1) is 0 Å². The largest absolute Gasteiger partial charge is 0.372 e. The van der Waals surface area contributed by atoms with Gasteiger partial charge in [0.25, 0.3) is 5.91 Å². The van der Waals surface area contributed by atoms with Crippen LogP contribution in [0.4, 0.5) is 23.0 Å². The third-order valence-electron chi connectivity index (χ3n) is 4.82. The highest BCUT2D eigenvalue weighted by atomic mass is 16.5. The molecule has 2 N–H and O–H groups in total. The number of morpholine rings is 1. The molecule has 0 aliphatic carbocycles. The van der Waals surface area contributed by atoms with Gasteiger partial charge in [0.2, 0.25) is 0 Å². The number of carbonyl (C=O) groups excluding carboxylic acids is 1. The maximum Gasteiger partial charge on any atom is 0.257 e. The molecule has 3 aromatic rings. The van der Waals surface area contributed by atoms with E-state index in [4.69, 9.17) is 4.74 Å². The van der Waals surface area contributed by atoms with Gasteiger partial charge in [0.15, 0.2) is 0 Å². The molecule has 1 aliphatic rings. The number of pyridine rings is 2. The summed E-state index contributed by atoms with van der Waals surface area (Å²) in [4.78, 5) is 23.6. The van der Waals surface area contributed by atoms with Gasteiger partial charge in [-0.15, -0.1) is 0 Å². The quantitative estimate of drug-likeness (QED) is 0.668. The number of rotatable bonds is 5. The van der Waals surface area contributed by atoms with E-state index in [1.165, 1.54) is 0 Å². The van der Waals surface area contributed by atoms with Crippen LogP contribution in [0.2, 0.25) is 0 Å². The summed E-state index contributed by atoms with van der Waals surface area (Å²) in [5.41, 5.74) is 2.08. The van der Waals surface area contributed by atoms with Gasteiger partial charge in [-0.25, -0.2) is 9.97 Å². The van der Waals surface area contributed by atoms with E-state index in [1.54, 1.807) is 18.5 Å². The minimum atomic E-state index is -0.219. The maximum absolute atomic E-state index is 12.6. The van der Waals surface area contributed by atoms with E-state index in [2.05, 4.69) is 39.3 Å². The molecule has 3 heterocycles. The summed E-state index contributed by atoms with van der Waals surface area (Å²) < 4.78 is 5.76. The second-order valence-electron chi connectivity index (χ2n) is 7.44. The molecule has 0 spiro atoms. The van der Waals surface area contributed by atoms with Gasteiger partial charge >= 0.3 is 0 Å². The number of para-hydroxylation sites is 1. The highest BCUT2D eigenvalue weighted by molar-refractivity contribution is 6.04. The van der Waals surface area contributed by atoms with Gasteiger partial charge in [-0.05, 0) is 50.2 Å². The molecule has 0 bridgehead atoms. The van der Waals surface area contributed by atoms with Crippen LogP contribution in [0.1, 0.15) is 24.2 Å². The molecule has 4 rings (SSSR count). The van der Waals surface area contributed by atoms with Gasteiger partial charge in [-0.3, -0.25) is 4.79 Å². The molecule has 30 heavy (non-hydrogen) atoms. The zero-order valence-corrected chi connectivity index (χ0v) is 17.1. The lowest BCUT2D eigenvalue weighted by Gasteiger charge is -2.36. The Labute approximate surface area is 176 Å². The van der Waals surface area contributed by atoms with Gasteiger partial charge < -0.3 is 20.3 Å². The summed E-state index contributed by atoms with van der Waals surface area (Å²) in [7, 11) is 0. The van der Waals surface area contributed by atoms with Crippen LogP contribution in [-0.2, 0) is 4.74 Å². The van der Waals surface area contributed by atoms with Crippen molar-refractivity contribution in [1.82, 2.24) is 9.97 Å². The van der Waals surface area contributed by atoms with Crippen LogP contribution in [0.15, 0.2) is 67.0 Å². The molecule has 7 heteroatoms. The molecule has 0 radical (unpaired) electrons. The fraction of sp³-hybridized carbons (Fsp3) is 0.261. The van der Waals surface area contributed by atoms with Gasteiger partial charge in [0.05, 0.1) is 29.7 Å². The molecule has 2 atom stereocenters. The number of hydrogen-bond acceptors (Lipinski definition) is 6. The van der Waals surface area contributed by atoms with Crippen molar-refractivity contribution in [3.63, 3.8) is 0 Å². The number of hydrogen-bond donors (Lipinski definition) is 2. The minimum Gasteiger partial charge on any atom is -0.372 e. The van der Waals surface area contributed by atoms with Crippen molar-refractivity contribution in [3.05, 3.63) is 72.6 Å². The predicted octanol–water partition coefficient (Wildman–Crippen LogP) is 4.09. The molecule has 1 aromatic carbocycles. The van der Waals surface area contributed by atoms with Gasteiger partial charge in [0, 0.05) is 25.0 Å². The normalized spacial score (nSPS) is 18.7. The number of nitrogens with one attached hydrogen (secondary N) is 2. The third kappa shape index (κ3) is 4.93. The van der Waals surface area contributed by atoms with Crippen molar-refractivity contribution >= 4 is 28.9 Å². The second-order valence-corrected chi connectivity index (χ2v) is 7.44. The topological polar surface area (TPSA) is 79.4 Å². The molecular formula is C23H25N5O2. The first kappa shape index (κ1) is 19.8. The molecule has 1 saturated heterocycles. The fourth-order valence-electron chi connectivity index (χ4n) is 3.49. The van der Waals surface area contributed by atoms with E-state index in [0.29, 0.717) is 17.1 Å². The molecule has 154 valence electrons. The minimum absolute atomic E-state index is 0.158. The van der Waals surface area contributed by atoms with E-state index in [0.717, 1.165) is 24.6 Å². The second kappa shape index (κ2) is 8.92. The number of ether oxygens (including phenoxy) is 1. The van der Waals surface area contributed by atoms with E-state index in [9.17, 15) is 4.79 Å².